The quantitative estimate of drug-likeness (QED) is 0.373. The second kappa shape index (κ2) is 7.77. The molecular weight excluding hydrogens is 456 g/mol. The summed E-state index contributed by atoms with van der Waals surface area (Å²) in [6.07, 6.45) is 2.28. The van der Waals surface area contributed by atoms with Gasteiger partial charge in [0.25, 0.3) is 0 Å². The summed E-state index contributed by atoms with van der Waals surface area (Å²) in [4.78, 5) is 5.02. The van der Waals surface area contributed by atoms with Crippen LogP contribution in [-0.4, -0.2) is 26.5 Å². The Balaban J connectivity index is 1.39. The first-order valence-electron chi connectivity index (χ1n) is 12.5. The first-order valence-corrected chi connectivity index (χ1v) is 12.5. The topological polar surface area (TPSA) is 57.8 Å². The van der Waals surface area contributed by atoms with E-state index in [4.69, 9.17) is 15.2 Å². The van der Waals surface area contributed by atoms with Crippen molar-refractivity contribution in [2.45, 2.75) is 6.17 Å². The predicted molar refractivity (Wildman–Crippen MR) is 148 cm³/mol. The minimum Gasteiger partial charge on any atom is -0.361 e. The van der Waals surface area contributed by atoms with Gasteiger partial charge in [-0.15, -0.1) is 0 Å². The molecule has 0 saturated carbocycles. The lowest BCUT2D eigenvalue weighted by molar-refractivity contribution is 0.704. The van der Waals surface area contributed by atoms with E-state index >= 15 is 0 Å². The Morgan fingerprint density at radius 3 is 2.27 bits per heavy atom. The van der Waals surface area contributed by atoms with Crippen LogP contribution in [0.3, 0.4) is 0 Å². The molecule has 8 rings (SSSR count). The number of imidazole rings is 1. The Morgan fingerprint density at radius 1 is 0.730 bits per heavy atom. The molecule has 0 aliphatic carbocycles. The van der Waals surface area contributed by atoms with Gasteiger partial charge in [-0.3, -0.25) is 0 Å². The normalized spacial score (nSPS) is 18.8. The van der Waals surface area contributed by atoms with Crippen LogP contribution in [0.15, 0.2) is 114 Å². The van der Waals surface area contributed by atoms with Crippen molar-refractivity contribution in [3.63, 3.8) is 0 Å². The van der Waals surface area contributed by atoms with Crippen LogP contribution >= 0.6 is 0 Å². The van der Waals surface area contributed by atoms with Crippen molar-refractivity contribution >= 4 is 39.8 Å². The van der Waals surface area contributed by atoms with E-state index in [0.29, 0.717) is 0 Å². The molecule has 0 amide bonds. The summed E-state index contributed by atoms with van der Waals surface area (Å²) < 4.78 is 1.98. The molecule has 176 valence electrons. The number of benzene rings is 4. The minimum atomic E-state index is -0.0319. The van der Waals surface area contributed by atoms with Crippen LogP contribution in [0.4, 0.5) is 11.4 Å². The van der Waals surface area contributed by atoms with Crippen molar-refractivity contribution in [1.29, 1.82) is 0 Å². The van der Waals surface area contributed by atoms with Gasteiger partial charge in [0, 0.05) is 10.8 Å². The molecule has 0 fully saturated rings. The molecule has 0 spiro atoms. The number of hydrogen-bond donors (Lipinski definition) is 1. The Morgan fingerprint density at radius 2 is 1.43 bits per heavy atom. The van der Waals surface area contributed by atoms with Crippen molar-refractivity contribution in [3.8, 4) is 11.3 Å². The Kier molecular flexibility index (Phi) is 4.25. The molecular formula is C31H22N6. The van der Waals surface area contributed by atoms with E-state index in [1.165, 1.54) is 0 Å². The first-order chi connectivity index (χ1) is 18.3. The van der Waals surface area contributed by atoms with Crippen LogP contribution in [0, 0.1) is 5.92 Å². The lowest BCUT2D eigenvalue weighted by Gasteiger charge is -2.19. The van der Waals surface area contributed by atoms with E-state index in [1.54, 1.807) is 0 Å². The predicted octanol–water partition coefficient (Wildman–Crippen LogP) is 5.34. The summed E-state index contributed by atoms with van der Waals surface area (Å²) in [5.41, 5.74) is 9.14. The van der Waals surface area contributed by atoms with E-state index in [1.807, 2.05) is 34.8 Å². The zero-order valence-corrected chi connectivity index (χ0v) is 19.9. The third-order valence-electron chi connectivity index (χ3n) is 7.29. The van der Waals surface area contributed by atoms with Gasteiger partial charge in [-0.05, 0) is 29.8 Å². The maximum Gasteiger partial charge on any atom is 0.164 e. The molecule has 0 radical (unpaired) electrons. The van der Waals surface area contributed by atoms with Crippen molar-refractivity contribution in [2.24, 2.45) is 11.0 Å². The highest BCUT2D eigenvalue weighted by atomic mass is 15.6. The molecule has 0 saturated heterocycles. The number of hydrazone groups is 1. The minimum absolute atomic E-state index is 0.0231. The summed E-state index contributed by atoms with van der Waals surface area (Å²) in [6.45, 7) is 0. The number of anilines is 2. The highest BCUT2D eigenvalue weighted by Gasteiger charge is 2.42. The van der Waals surface area contributed by atoms with Crippen LogP contribution in [0.5, 0.6) is 0 Å². The molecule has 4 aromatic carbocycles. The molecule has 2 atom stereocenters. The Bertz CT molecular complexity index is 1870. The number of para-hydroxylation sites is 4. The van der Waals surface area contributed by atoms with Crippen LogP contribution in [0.25, 0.3) is 34.0 Å². The average molecular weight is 479 g/mol. The Labute approximate surface area is 213 Å². The van der Waals surface area contributed by atoms with Gasteiger partial charge in [-0.1, -0.05) is 91.0 Å². The summed E-state index contributed by atoms with van der Waals surface area (Å²) in [5.74, 6) is -0.0231. The van der Waals surface area contributed by atoms with E-state index < -0.39 is 0 Å². The van der Waals surface area contributed by atoms with Gasteiger partial charge < -0.3 is 5.32 Å². The summed E-state index contributed by atoms with van der Waals surface area (Å²) >= 11 is 0. The summed E-state index contributed by atoms with van der Waals surface area (Å²) in [7, 11) is 0. The fraction of sp³-hybridized carbons (Fsp3) is 0.0645. The van der Waals surface area contributed by atoms with E-state index in [9.17, 15) is 0 Å². The number of hydrogen-bond acceptors (Lipinski definition) is 5. The summed E-state index contributed by atoms with van der Waals surface area (Å²) in [6, 6.07) is 37.3. The molecule has 2 unspecified atom stereocenters. The Hall–Kier alpha value is -4.97. The van der Waals surface area contributed by atoms with Gasteiger partial charge in [0.2, 0.25) is 0 Å². The zero-order valence-electron chi connectivity index (χ0n) is 19.9. The van der Waals surface area contributed by atoms with Crippen LogP contribution < -0.4 is 15.5 Å². The number of aromatic nitrogens is 3. The molecule has 2 aromatic heterocycles. The van der Waals surface area contributed by atoms with Crippen molar-refractivity contribution in [3.05, 3.63) is 120 Å². The maximum atomic E-state index is 5.16. The van der Waals surface area contributed by atoms with Crippen LogP contribution in [0.1, 0.15) is 5.56 Å². The third kappa shape index (κ3) is 3.02. The van der Waals surface area contributed by atoms with E-state index in [2.05, 4.69) is 95.3 Å². The third-order valence-corrected chi connectivity index (χ3v) is 7.29. The largest absolute Gasteiger partial charge is 0.361 e. The molecule has 6 heteroatoms. The van der Waals surface area contributed by atoms with Gasteiger partial charge in [0.05, 0.1) is 34.0 Å². The van der Waals surface area contributed by atoms with Crippen LogP contribution in [0.2, 0.25) is 0 Å². The van der Waals surface area contributed by atoms with Crippen LogP contribution in [-0.2, 0) is 0 Å². The molecule has 2 aliphatic heterocycles. The molecule has 37 heavy (non-hydrogen) atoms. The van der Waals surface area contributed by atoms with Gasteiger partial charge in [-0.25, -0.2) is 14.5 Å². The highest BCUT2D eigenvalue weighted by Crippen LogP contribution is 2.42. The van der Waals surface area contributed by atoms with Gasteiger partial charge in [0.1, 0.15) is 11.9 Å². The monoisotopic (exact) mass is 478 g/mol. The standard InChI is InChI=1S/C31H22N6/c1-3-11-20(12-4-1)28-22(30-32-24-15-7-9-17-26(24)36(30)34-28)19-23-29(21-13-5-2-6-14-21)35-37-27-18-10-8-16-25(27)33-31(23)37/h1-19,22,30,32H. The molecule has 0 bridgehead atoms. The fourth-order valence-corrected chi connectivity index (χ4v) is 5.58. The van der Waals surface area contributed by atoms with Crippen molar-refractivity contribution in [2.75, 3.05) is 10.3 Å². The summed E-state index contributed by atoms with van der Waals surface area (Å²) in [5, 5.41) is 17.1. The number of nitrogens with zero attached hydrogens (tertiary/aromatic N) is 5. The number of nitrogens with one attached hydrogen (secondary N) is 1. The molecule has 2 aliphatic rings. The zero-order chi connectivity index (χ0) is 24.3. The average Bonchev–Trinajstić information content (AvgIpc) is 3.69. The smallest absolute Gasteiger partial charge is 0.164 e. The van der Waals surface area contributed by atoms with E-state index in [-0.39, 0.29) is 12.1 Å². The van der Waals surface area contributed by atoms with Crippen molar-refractivity contribution in [1.82, 2.24) is 14.6 Å². The van der Waals surface area contributed by atoms with Crippen molar-refractivity contribution < 1.29 is 0 Å². The SMILES string of the molecule is C(=c1c(-c2ccccc2)nn2c1nc1ccccc12)C1C(c2ccccc2)=NN2c3ccccc3NC12. The molecule has 6 aromatic rings. The second-order valence-corrected chi connectivity index (χ2v) is 9.46. The van der Waals surface area contributed by atoms with E-state index in [0.717, 1.165) is 55.8 Å². The van der Waals surface area contributed by atoms with Gasteiger partial charge in [-0.2, -0.15) is 10.2 Å². The lowest BCUT2D eigenvalue weighted by atomic mass is 9.93. The number of fused-ring (bicyclic) bond motifs is 6. The highest BCUT2D eigenvalue weighted by molar-refractivity contribution is 6.09. The lowest BCUT2D eigenvalue weighted by Crippen LogP contribution is -2.35. The first kappa shape index (κ1) is 20.2. The second-order valence-electron chi connectivity index (χ2n) is 9.46. The number of rotatable bonds is 3. The fourth-order valence-electron chi connectivity index (χ4n) is 5.58. The molecule has 4 heterocycles. The molecule has 1 N–H and O–H groups in total. The molecule has 6 nitrogen and oxygen atoms in total. The maximum absolute atomic E-state index is 5.16. The van der Waals surface area contributed by atoms with Gasteiger partial charge >= 0.3 is 0 Å². The van der Waals surface area contributed by atoms with Gasteiger partial charge in [0.15, 0.2) is 5.65 Å².